The normalized spacial score (nSPS) is 10.8. The van der Waals surface area contributed by atoms with Crippen LogP contribution in [0.1, 0.15) is 16.1 Å². The SMILES string of the molecule is Nc1nnc(CC(=O)N/N=C\c2cccc(OCc3ccccc3)c2)s1. The topological polar surface area (TPSA) is 102 Å². The lowest BCUT2D eigenvalue weighted by Crippen LogP contribution is -2.19. The Kier molecular flexibility index (Phi) is 5.89. The van der Waals surface area contributed by atoms with E-state index in [2.05, 4.69) is 20.7 Å². The third-order valence-electron chi connectivity index (χ3n) is 3.30. The molecule has 7 nitrogen and oxygen atoms in total. The number of nitrogens with zero attached hydrogens (tertiary/aromatic N) is 3. The monoisotopic (exact) mass is 367 g/mol. The molecule has 1 aromatic heterocycles. The van der Waals surface area contributed by atoms with E-state index in [9.17, 15) is 4.79 Å². The van der Waals surface area contributed by atoms with Crippen molar-refractivity contribution in [3.63, 3.8) is 0 Å². The maximum atomic E-state index is 11.8. The van der Waals surface area contributed by atoms with Gasteiger partial charge in [0, 0.05) is 0 Å². The van der Waals surface area contributed by atoms with Gasteiger partial charge < -0.3 is 10.5 Å². The second kappa shape index (κ2) is 8.72. The molecular weight excluding hydrogens is 350 g/mol. The van der Waals surface area contributed by atoms with Gasteiger partial charge in [-0.1, -0.05) is 53.8 Å². The summed E-state index contributed by atoms with van der Waals surface area (Å²) in [5.74, 6) is 0.447. The quantitative estimate of drug-likeness (QED) is 0.493. The molecule has 0 aliphatic rings. The first-order chi connectivity index (χ1) is 12.7. The van der Waals surface area contributed by atoms with Crippen molar-refractivity contribution < 1.29 is 9.53 Å². The van der Waals surface area contributed by atoms with E-state index < -0.39 is 0 Å². The highest BCUT2D eigenvalue weighted by molar-refractivity contribution is 7.15. The minimum atomic E-state index is -0.283. The number of aromatic nitrogens is 2. The molecule has 0 unspecified atom stereocenters. The molecule has 0 saturated heterocycles. The van der Waals surface area contributed by atoms with E-state index in [-0.39, 0.29) is 12.3 Å². The Balaban J connectivity index is 1.51. The Hall–Kier alpha value is -3.26. The molecule has 3 aromatic rings. The highest BCUT2D eigenvalue weighted by Gasteiger charge is 2.07. The van der Waals surface area contributed by atoms with Gasteiger partial charge in [-0.25, -0.2) is 5.43 Å². The van der Waals surface area contributed by atoms with Gasteiger partial charge in [0.25, 0.3) is 0 Å². The predicted octanol–water partition coefficient (Wildman–Crippen LogP) is 2.39. The Morgan fingerprint density at radius 1 is 1.19 bits per heavy atom. The molecule has 3 rings (SSSR count). The summed E-state index contributed by atoms with van der Waals surface area (Å²) in [4.78, 5) is 11.8. The molecule has 3 N–H and O–H groups in total. The number of carbonyl (C=O) groups is 1. The number of nitrogens with two attached hydrogens (primary N) is 1. The zero-order valence-corrected chi connectivity index (χ0v) is 14.6. The molecule has 0 aliphatic heterocycles. The zero-order valence-electron chi connectivity index (χ0n) is 13.8. The average Bonchev–Trinajstić information content (AvgIpc) is 3.06. The van der Waals surface area contributed by atoms with E-state index in [0.717, 1.165) is 16.9 Å². The minimum absolute atomic E-state index is 0.0897. The maximum Gasteiger partial charge on any atom is 0.247 e. The van der Waals surface area contributed by atoms with E-state index in [1.54, 1.807) is 6.21 Å². The second-order valence-corrected chi connectivity index (χ2v) is 6.44. The molecule has 8 heteroatoms. The van der Waals surface area contributed by atoms with E-state index >= 15 is 0 Å². The Bertz CT molecular complexity index is 895. The molecule has 0 aliphatic carbocycles. The summed E-state index contributed by atoms with van der Waals surface area (Å²) in [6, 6.07) is 17.4. The van der Waals surface area contributed by atoms with Crippen LogP contribution in [0.4, 0.5) is 5.13 Å². The number of anilines is 1. The summed E-state index contributed by atoms with van der Waals surface area (Å²) in [6.07, 6.45) is 1.65. The van der Waals surface area contributed by atoms with Gasteiger partial charge in [-0.05, 0) is 23.3 Å². The number of ether oxygens (including phenoxy) is 1. The fraction of sp³-hybridized carbons (Fsp3) is 0.111. The summed E-state index contributed by atoms with van der Waals surface area (Å²) in [5, 5.41) is 12.3. The van der Waals surface area contributed by atoms with Crippen LogP contribution in [0.25, 0.3) is 0 Å². The van der Waals surface area contributed by atoms with Gasteiger partial charge in [-0.15, -0.1) is 10.2 Å². The average molecular weight is 367 g/mol. The Labute approximate surface area is 154 Å². The molecule has 0 fully saturated rings. The Morgan fingerprint density at radius 2 is 2.04 bits per heavy atom. The first kappa shape index (κ1) is 17.6. The highest BCUT2D eigenvalue weighted by Crippen LogP contribution is 2.14. The van der Waals surface area contributed by atoms with Crippen molar-refractivity contribution in [2.45, 2.75) is 13.0 Å². The van der Waals surface area contributed by atoms with Crippen LogP contribution in [0.5, 0.6) is 5.75 Å². The van der Waals surface area contributed by atoms with Gasteiger partial charge in [0.15, 0.2) is 0 Å². The van der Waals surface area contributed by atoms with Crippen LogP contribution in [0.15, 0.2) is 59.7 Å². The lowest BCUT2D eigenvalue weighted by molar-refractivity contribution is -0.120. The second-order valence-electron chi connectivity index (χ2n) is 5.35. The number of hydrogen-bond donors (Lipinski definition) is 2. The van der Waals surface area contributed by atoms with Gasteiger partial charge in [0.1, 0.15) is 17.4 Å². The van der Waals surface area contributed by atoms with Crippen molar-refractivity contribution in [1.82, 2.24) is 15.6 Å². The van der Waals surface area contributed by atoms with Crippen LogP contribution < -0.4 is 15.9 Å². The number of nitrogens with one attached hydrogen (secondary N) is 1. The smallest absolute Gasteiger partial charge is 0.247 e. The van der Waals surface area contributed by atoms with Crippen molar-refractivity contribution in [2.24, 2.45) is 5.10 Å². The van der Waals surface area contributed by atoms with Gasteiger partial charge in [-0.2, -0.15) is 5.10 Å². The number of nitrogen functional groups attached to an aromatic ring is 1. The van der Waals surface area contributed by atoms with Crippen LogP contribution in [0, 0.1) is 0 Å². The number of carbonyl (C=O) groups excluding carboxylic acids is 1. The largest absolute Gasteiger partial charge is 0.489 e. The molecule has 0 bridgehead atoms. The molecule has 0 atom stereocenters. The molecule has 1 amide bonds. The predicted molar refractivity (Wildman–Crippen MR) is 101 cm³/mol. The number of benzene rings is 2. The van der Waals surface area contributed by atoms with E-state index in [1.165, 1.54) is 11.3 Å². The van der Waals surface area contributed by atoms with Crippen molar-refractivity contribution in [1.29, 1.82) is 0 Å². The van der Waals surface area contributed by atoms with Crippen molar-refractivity contribution in [3.05, 3.63) is 70.7 Å². The molecule has 0 saturated carbocycles. The molecule has 26 heavy (non-hydrogen) atoms. The van der Waals surface area contributed by atoms with Crippen molar-refractivity contribution in [2.75, 3.05) is 5.73 Å². The molecule has 0 spiro atoms. The van der Waals surface area contributed by atoms with Crippen molar-refractivity contribution in [3.8, 4) is 5.75 Å². The summed E-state index contributed by atoms with van der Waals surface area (Å²) in [7, 11) is 0. The first-order valence-electron chi connectivity index (χ1n) is 7.85. The van der Waals surface area contributed by atoms with Crippen LogP contribution in [0.2, 0.25) is 0 Å². The summed E-state index contributed by atoms with van der Waals surface area (Å²) in [5.41, 5.74) is 9.84. The third-order valence-corrected chi connectivity index (χ3v) is 4.06. The standard InChI is InChI=1S/C18H17N5O2S/c19-18-23-22-17(26-18)10-16(24)21-20-11-14-7-4-8-15(9-14)25-12-13-5-2-1-3-6-13/h1-9,11H,10,12H2,(H2,19,23)(H,21,24)/b20-11-. The van der Waals surface area contributed by atoms with Gasteiger partial charge in [-0.3, -0.25) is 4.79 Å². The van der Waals surface area contributed by atoms with E-state index in [4.69, 9.17) is 10.5 Å². The summed E-state index contributed by atoms with van der Waals surface area (Å²) in [6.45, 7) is 0.489. The third kappa shape index (κ3) is 5.38. The van der Waals surface area contributed by atoms with Crippen LogP contribution in [-0.4, -0.2) is 22.3 Å². The minimum Gasteiger partial charge on any atom is -0.489 e. The van der Waals surface area contributed by atoms with E-state index in [1.807, 2.05) is 54.6 Å². The van der Waals surface area contributed by atoms with Crippen molar-refractivity contribution >= 4 is 28.6 Å². The molecular formula is C18H17N5O2S. The van der Waals surface area contributed by atoms with Crippen LogP contribution in [-0.2, 0) is 17.8 Å². The first-order valence-corrected chi connectivity index (χ1v) is 8.67. The lowest BCUT2D eigenvalue weighted by atomic mass is 10.2. The number of hydrazone groups is 1. The summed E-state index contributed by atoms with van der Waals surface area (Å²) >= 11 is 1.18. The highest BCUT2D eigenvalue weighted by atomic mass is 32.1. The molecule has 0 radical (unpaired) electrons. The Morgan fingerprint density at radius 3 is 2.81 bits per heavy atom. The van der Waals surface area contributed by atoms with Gasteiger partial charge in [0.2, 0.25) is 11.0 Å². The maximum absolute atomic E-state index is 11.8. The number of rotatable bonds is 7. The number of hydrogen-bond acceptors (Lipinski definition) is 7. The van der Waals surface area contributed by atoms with E-state index in [0.29, 0.717) is 16.7 Å². The fourth-order valence-electron chi connectivity index (χ4n) is 2.12. The summed E-state index contributed by atoms with van der Waals surface area (Å²) < 4.78 is 5.77. The molecule has 132 valence electrons. The van der Waals surface area contributed by atoms with Crippen LogP contribution in [0.3, 0.4) is 0 Å². The fourth-order valence-corrected chi connectivity index (χ4v) is 2.73. The van der Waals surface area contributed by atoms with Crippen LogP contribution >= 0.6 is 11.3 Å². The zero-order chi connectivity index (χ0) is 18.2. The molecule has 1 heterocycles. The van der Waals surface area contributed by atoms with Gasteiger partial charge in [0.05, 0.1) is 12.6 Å². The lowest BCUT2D eigenvalue weighted by Gasteiger charge is -2.06. The van der Waals surface area contributed by atoms with Gasteiger partial charge >= 0.3 is 0 Å². The molecule has 2 aromatic carbocycles. The number of amides is 1.